The van der Waals surface area contributed by atoms with E-state index in [4.69, 9.17) is 9.47 Å². The molecule has 0 bridgehead atoms. The Morgan fingerprint density at radius 2 is 0.763 bits per heavy atom. The number of carbonyl (C=O) groups is 2. The van der Waals surface area contributed by atoms with Gasteiger partial charge in [-0.1, -0.05) is 104 Å². The van der Waals surface area contributed by atoms with Gasteiger partial charge in [0.15, 0.2) is 12.1 Å². The summed E-state index contributed by atoms with van der Waals surface area (Å²) in [4.78, 5) is 25.4. The number of hydrogen-bond acceptors (Lipinski definition) is 4. The van der Waals surface area contributed by atoms with Crippen molar-refractivity contribution in [1.29, 1.82) is 0 Å². The molecule has 6 nitrogen and oxygen atoms in total. The largest absolute Gasteiger partial charge is 0.461 e. The molecule has 2 atom stereocenters. The van der Waals surface area contributed by atoms with Crippen LogP contribution in [0.3, 0.4) is 0 Å². The average molecular weight is 543 g/mol. The lowest BCUT2D eigenvalue weighted by atomic mass is 10.1. The summed E-state index contributed by atoms with van der Waals surface area (Å²) in [7, 11) is 8.31. The Labute approximate surface area is 237 Å². The van der Waals surface area contributed by atoms with Gasteiger partial charge in [-0.2, -0.15) is 0 Å². The van der Waals surface area contributed by atoms with Crippen LogP contribution >= 0.6 is 0 Å². The van der Waals surface area contributed by atoms with Crippen LogP contribution in [0.2, 0.25) is 0 Å². The molecule has 0 aliphatic rings. The summed E-state index contributed by atoms with van der Waals surface area (Å²) in [5.74, 6) is -0.248. The first-order valence-corrected chi connectivity index (χ1v) is 16.0. The van der Waals surface area contributed by atoms with E-state index < -0.39 is 0 Å². The van der Waals surface area contributed by atoms with Gasteiger partial charge >= 0.3 is 11.9 Å². The molecule has 0 aromatic heterocycles. The molecule has 0 aliphatic heterocycles. The Morgan fingerprint density at radius 1 is 0.500 bits per heavy atom. The summed E-state index contributed by atoms with van der Waals surface area (Å²) in [6.45, 7) is 11.0. The standard InChI is InChI=1S/C32H66N2O4/c1-9-11-13-15-17-19-21-23-27-37-31(35)29(3)33(5,6)25-26-34(7,8)30(4)32(36)38-28-24-22-20-18-16-14-12-10-2/h29-30H,9-28H2,1-8H3/q+2. The Hall–Kier alpha value is -1.14. The maximum atomic E-state index is 12.7. The van der Waals surface area contributed by atoms with Crippen LogP contribution in [-0.4, -0.2) is 87.5 Å². The zero-order chi connectivity index (χ0) is 28.9. The van der Waals surface area contributed by atoms with E-state index in [1.54, 1.807) is 0 Å². The summed E-state index contributed by atoms with van der Waals surface area (Å²) >= 11 is 0. The number of quaternary nitrogens is 2. The van der Waals surface area contributed by atoms with E-state index in [0.29, 0.717) is 22.2 Å². The highest BCUT2D eigenvalue weighted by atomic mass is 16.5. The summed E-state index contributed by atoms with van der Waals surface area (Å²) < 4.78 is 12.3. The van der Waals surface area contributed by atoms with Crippen LogP contribution in [-0.2, 0) is 19.1 Å². The van der Waals surface area contributed by atoms with Gasteiger partial charge < -0.3 is 18.4 Å². The predicted molar refractivity (Wildman–Crippen MR) is 160 cm³/mol. The van der Waals surface area contributed by atoms with Gasteiger partial charge in [0.05, 0.1) is 41.4 Å². The second-order valence-electron chi connectivity index (χ2n) is 12.6. The summed E-state index contributed by atoms with van der Waals surface area (Å²) in [6.07, 6.45) is 19.7. The fraction of sp³-hybridized carbons (Fsp3) is 0.938. The van der Waals surface area contributed by atoms with Gasteiger partial charge in [-0.25, -0.2) is 9.59 Å². The first-order chi connectivity index (χ1) is 18.0. The van der Waals surface area contributed by atoms with Crippen LogP contribution in [0.1, 0.15) is 130 Å². The third-order valence-electron chi connectivity index (χ3n) is 8.52. The third-order valence-corrected chi connectivity index (χ3v) is 8.52. The minimum atomic E-state index is -0.242. The van der Waals surface area contributed by atoms with Crippen molar-refractivity contribution in [2.24, 2.45) is 0 Å². The molecule has 0 aromatic carbocycles. The highest BCUT2D eigenvalue weighted by molar-refractivity contribution is 5.74. The molecule has 38 heavy (non-hydrogen) atoms. The van der Waals surface area contributed by atoms with Crippen molar-refractivity contribution in [3.05, 3.63) is 0 Å². The van der Waals surface area contributed by atoms with Crippen molar-refractivity contribution in [2.45, 2.75) is 143 Å². The Bertz CT molecular complexity index is 554. The molecular weight excluding hydrogens is 476 g/mol. The fourth-order valence-electron chi connectivity index (χ4n) is 4.53. The molecule has 0 N–H and O–H groups in total. The number of unbranched alkanes of at least 4 members (excludes halogenated alkanes) is 14. The maximum Gasteiger partial charge on any atom is 0.364 e. The minimum absolute atomic E-state index is 0.124. The fourth-order valence-corrected chi connectivity index (χ4v) is 4.53. The normalized spacial score (nSPS) is 13.8. The molecule has 0 aliphatic carbocycles. The summed E-state index contributed by atoms with van der Waals surface area (Å²) in [5, 5.41) is 0. The highest BCUT2D eigenvalue weighted by Crippen LogP contribution is 2.15. The van der Waals surface area contributed by atoms with E-state index in [0.717, 1.165) is 38.8 Å². The molecule has 0 amide bonds. The number of nitrogens with zero attached hydrogens (tertiary/aromatic N) is 2. The average Bonchev–Trinajstić information content (AvgIpc) is 2.89. The summed E-state index contributed by atoms with van der Waals surface area (Å²) in [6, 6.07) is -0.485. The van der Waals surface area contributed by atoms with Gasteiger partial charge in [-0.15, -0.1) is 0 Å². The van der Waals surface area contributed by atoms with Crippen LogP contribution in [0.15, 0.2) is 0 Å². The molecule has 0 rings (SSSR count). The number of esters is 2. The van der Waals surface area contributed by atoms with Crippen molar-refractivity contribution in [1.82, 2.24) is 0 Å². The topological polar surface area (TPSA) is 52.6 Å². The summed E-state index contributed by atoms with van der Waals surface area (Å²) in [5.41, 5.74) is 0. The van der Waals surface area contributed by atoms with Crippen molar-refractivity contribution >= 4 is 11.9 Å². The number of likely N-dealkylation sites (N-methyl/N-ethyl adjacent to an activating group) is 2. The number of ether oxygens (including phenoxy) is 2. The van der Waals surface area contributed by atoms with Gasteiger partial charge in [-0.3, -0.25) is 0 Å². The zero-order valence-electron chi connectivity index (χ0n) is 26.8. The molecule has 0 aromatic rings. The van der Waals surface area contributed by atoms with E-state index in [1.165, 1.54) is 77.0 Å². The van der Waals surface area contributed by atoms with E-state index in [2.05, 4.69) is 42.0 Å². The molecule has 0 saturated carbocycles. The Kier molecular flexibility index (Phi) is 21.0. The van der Waals surface area contributed by atoms with Crippen LogP contribution < -0.4 is 0 Å². The monoisotopic (exact) mass is 543 g/mol. The van der Waals surface area contributed by atoms with E-state index in [1.807, 2.05) is 13.8 Å². The van der Waals surface area contributed by atoms with Crippen molar-refractivity contribution in [2.75, 3.05) is 54.5 Å². The quantitative estimate of drug-likeness (QED) is 0.0691. The van der Waals surface area contributed by atoms with Gasteiger partial charge in [0.25, 0.3) is 0 Å². The van der Waals surface area contributed by atoms with E-state index >= 15 is 0 Å². The minimum Gasteiger partial charge on any atom is -0.461 e. The van der Waals surface area contributed by atoms with Gasteiger partial charge in [0.2, 0.25) is 0 Å². The SMILES string of the molecule is CCCCCCCCCCOC(=O)C(C)[N+](C)(C)CC[N+](C)(C)C(C)C(=O)OCCCCCCCCCC. The number of rotatable bonds is 25. The zero-order valence-corrected chi connectivity index (χ0v) is 26.8. The first kappa shape index (κ1) is 36.9. The van der Waals surface area contributed by atoms with Crippen molar-refractivity contribution in [3.63, 3.8) is 0 Å². The Morgan fingerprint density at radius 3 is 1.05 bits per heavy atom. The second-order valence-corrected chi connectivity index (χ2v) is 12.6. The first-order valence-electron chi connectivity index (χ1n) is 16.0. The van der Waals surface area contributed by atoms with Crippen LogP contribution in [0.25, 0.3) is 0 Å². The number of carbonyl (C=O) groups excluding carboxylic acids is 2. The van der Waals surface area contributed by atoms with Gasteiger partial charge in [0.1, 0.15) is 13.1 Å². The second kappa shape index (κ2) is 21.7. The van der Waals surface area contributed by atoms with E-state index in [9.17, 15) is 9.59 Å². The maximum absolute atomic E-state index is 12.7. The van der Waals surface area contributed by atoms with Crippen LogP contribution in [0.5, 0.6) is 0 Å². The molecule has 0 fully saturated rings. The highest BCUT2D eigenvalue weighted by Gasteiger charge is 2.37. The lowest BCUT2D eigenvalue weighted by molar-refractivity contribution is -0.959. The van der Waals surface area contributed by atoms with Gasteiger partial charge in [0, 0.05) is 0 Å². The molecule has 0 heterocycles. The lowest BCUT2D eigenvalue weighted by Crippen LogP contribution is -2.60. The van der Waals surface area contributed by atoms with Gasteiger partial charge in [-0.05, 0) is 26.7 Å². The van der Waals surface area contributed by atoms with E-state index in [-0.39, 0.29) is 24.0 Å². The molecule has 226 valence electrons. The number of hydrogen-bond donors (Lipinski definition) is 0. The molecule has 0 radical (unpaired) electrons. The molecule has 6 heteroatoms. The molecule has 2 unspecified atom stereocenters. The predicted octanol–water partition coefficient (Wildman–Crippen LogP) is 7.28. The molecule has 0 spiro atoms. The van der Waals surface area contributed by atoms with Crippen LogP contribution in [0.4, 0.5) is 0 Å². The van der Waals surface area contributed by atoms with Crippen molar-refractivity contribution < 1.29 is 28.0 Å². The van der Waals surface area contributed by atoms with Crippen molar-refractivity contribution in [3.8, 4) is 0 Å². The molecular formula is C32H66N2O4+2. The lowest BCUT2D eigenvalue weighted by Gasteiger charge is -2.40. The smallest absolute Gasteiger partial charge is 0.364 e. The van der Waals surface area contributed by atoms with Crippen LogP contribution in [0, 0.1) is 0 Å². The third kappa shape index (κ3) is 17.4. The molecule has 0 saturated heterocycles. The Balaban J connectivity index is 4.24.